The van der Waals surface area contributed by atoms with Crippen LogP contribution in [0.5, 0.6) is 0 Å². The molecule has 0 radical (unpaired) electrons. The summed E-state index contributed by atoms with van der Waals surface area (Å²) in [6, 6.07) is 8.57. The Labute approximate surface area is 102 Å². The third-order valence-electron chi connectivity index (χ3n) is 5.26. The third-order valence-corrected chi connectivity index (χ3v) is 5.26. The second-order valence-corrected chi connectivity index (χ2v) is 5.74. The van der Waals surface area contributed by atoms with Gasteiger partial charge in [0.25, 0.3) is 0 Å². The number of rotatable bonds is 1. The van der Waals surface area contributed by atoms with E-state index in [9.17, 15) is 4.79 Å². The fraction of sp³-hybridized carbons (Fsp3) is 0.438. The molecule has 1 aromatic carbocycles. The molecule has 0 N–H and O–H groups in total. The van der Waals surface area contributed by atoms with Crippen molar-refractivity contribution < 1.29 is 4.79 Å². The molecule has 0 aliphatic heterocycles. The number of allylic oxidation sites excluding steroid dienone is 2. The van der Waals surface area contributed by atoms with Gasteiger partial charge >= 0.3 is 0 Å². The monoisotopic (exact) mass is 224 g/mol. The first-order valence-corrected chi connectivity index (χ1v) is 6.59. The van der Waals surface area contributed by atoms with E-state index in [2.05, 4.69) is 36.4 Å². The van der Waals surface area contributed by atoms with Crippen molar-refractivity contribution in [3.8, 4) is 0 Å². The molecule has 2 bridgehead atoms. The summed E-state index contributed by atoms with van der Waals surface area (Å²) in [5.74, 6) is 1.67. The molecule has 4 rings (SSSR count). The van der Waals surface area contributed by atoms with Crippen molar-refractivity contribution in [3.63, 3.8) is 0 Å². The van der Waals surface area contributed by atoms with Gasteiger partial charge < -0.3 is 4.79 Å². The number of benzene rings is 1. The lowest BCUT2D eigenvalue weighted by Gasteiger charge is -2.42. The molecule has 17 heavy (non-hydrogen) atoms. The van der Waals surface area contributed by atoms with Crippen LogP contribution in [0.15, 0.2) is 36.4 Å². The van der Waals surface area contributed by atoms with Crippen molar-refractivity contribution in [2.24, 2.45) is 17.8 Å². The molecule has 1 nitrogen and oxygen atoms in total. The SMILES string of the molecule is O=C[C@@]12c3ccccc3CC[C@@H]1[C@@H]1C=C[C@H]2C1. The number of carbonyl (C=O) groups is 1. The predicted octanol–water partition coefficient (Wildman–Crippen LogP) is 2.89. The van der Waals surface area contributed by atoms with Crippen LogP contribution in [-0.2, 0) is 16.6 Å². The molecular weight excluding hydrogens is 208 g/mol. The number of fused-ring (bicyclic) bond motifs is 7. The molecule has 3 aliphatic carbocycles. The van der Waals surface area contributed by atoms with Gasteiger partial charge in [0.2, 0.25) is 0 Å². The summed E-state index contributed by atoms with van der Waals surface area (Å²) in [6.07, 6.45) is 9.43. The van der Waals surface area contributed by atoms with Crippen molar-refractivity contribution >= 4 is 6.29 Å². The lowest BCUT2D eigenvalue weighted by Crippen LogP contribution is -2.44. The van der Waals surface area contributed by atoms with E-state index in [1.54, 1.807) is 0 Å². The van der Waals surface area contributed by atoms with Gasteiger partial charge in [-0.25, -0.2) is 0 Å². The number of aryl methyl sites for hydroxylation is 1. The van der Waals surface area contributed by atoms with E-state index in [1.165, 1.54) is 30.3 Å². The highest BCUT2D eigenvalue weighted by atomic mass is 16.1. The van der Waals surface area contributed by atoms with Crippen molar-refractivity contribution in [2.45, 2.75) is 24.7 Å². The summed E-state index contributed by atoms with van der Waals surface area (Å²) < 4.78 is 0. The lowest BCUT2D eigenvalue weighted by molar-refractivity contribution is -0.115. The molecule has 1 saturated carbocycles. The van der Waals surface area contributed by atoms with Crippen LogP contribution >= 0.6 is 0 Å². The summed E-state index contributed by atoms with van der Waals surface area (Å²) in [5.41, 5.74) is 2.54. The zero-order chi connectivity index (χ0) is 11.5. The van der Waals surface area contributed by atoms with Crippen LogP contribution < -0.4 is 0 Å². The quantitative estimate of drug-likeness (QED) is 0.529. The maximum absolute atomic E-state index is 11.9. The summed E-state index contributed by atoms with van der Waals surface area (Å²) in [5, 5.41) is 0. The maximum Gasteiger partial charge on any atom is 0.131 e. The molecule has 0 saturated heterocycles. The van der Waals surface area contributed by atoms with Crippen molar-refractivity contribution in [1.29, 1.82) is 0 Å². The fourth-order valence-corrected chi connectivity index (χ4v) is 4.57. The van der Waals surface area contributed by atoms with Crippen LogP contribution in [0.25, 0.3) is 0 Å². The van der Waals surface area contributed by atoms with E-state index < -0.39 is 0 Å². The Morgan fingerprint density at radius 1 is 1.24 bits per heavy atom. The number of hydrogen-bond acceptors (Lipinski definition) is 1. The third kappa shape index (κ3) is 0.987. The van der Waals surface area contributed by atoms with Crippen molar-refractivity contribution in [2.75, 3.05) is 0 Å². The highest BCUT2D eigenvalue weighted by Crippen LogP contribution is 2.60. The Bertz CT molecular complexity index is 516. The molecule has 0 aromatic heterocycles. The molecular formula is C16H16O. The number of carbonyl (C=O) groups excluding carboxylic acids is 1. The predicted molar refractivity (Wildman–Crippen MR) is 66.7 cm³/mol. The summed E-state index contributed by atoms with van der Waals surface area (Å²) in [7, 11) is 0. The summed E-state index contributed by atoms with van der Waals surface area (Å²) >= 11 is 0. The minimum absolute atomic E-state index is 0.186. The molecule has 1 aromatic rings. The second kappa shape index (κ2) is 3.10. The van der Waals surface area contributed by atoms with Gasteiger partial charge in [-0.1, -0.05) is 36.4 Å². The molecule has 1 heteroatoms. The number of aldehydes is 1. The first kappa shape index (κ1) is 9.64. The van der Waals surface area contributed by atoms with E-state index in [0.29, 0.717) is 17.8 Å². The van der Waals surface area contributed by atoms with E-state index in [4.69, 9.17) is 0 Å². The van der Waals surface area contributed by atoms with Crippen LogP contribution in [0.4, 0.5) is 0 Å². The molecule has 3 aliphatic rings. The van der Waals surface area contributed by atoms with E-state index in [-0.39, 0.29) is 5.41 Å². The standard InChI is InChI=1S/C16H16O/c17-10-16-13-7-5-12(9-13)15(16)8-6-11-3-1-2-4-14(11)16/h1-5,7,10,12-13,15H,6,8-9H2/t12-,13+,15-,16-/m1/s1. The normalized spacial score (nSPS) is 41.1. The van der Waals surface area contributed by atoms with Crippen LogP contribution in [-0.4, -0.2) is 6.29 Å². The van der Waals surface area contributed by atoms with Crippen LogP contribution in [0.2, 0.25) is 0 Å². The van der Waals surface area contributed by atoms with Crippen molar-refractivity contribution in [1.82, 2.24) is 0 Å². The zero-order valence-electron chi connectivity index (χ0n) is 9.80. The molecule has 4 atom stereocenters. The van der Waals surface area contributed by atoms with E-state index >= 15 is 0 Å². The first-order valence-electron chi connectivity index (χ1n) is 6.59. The van der Waals surface area contributed by atoms with Gasteiger partial charge in [-0.2, -0.15) is 0 Å². The first-order chi connectivity index (χ1) is 8.36. The molecule has 0 heterocycles. The zero-order valence-corrected chi connectivity index (χ0v) is 9.80. The van der Waals surface area contributed by atoms with Crippen LogP contribution in [0, 0.1) is 17.8 Å². The molecule has 0 amide bonds. The number of hydrogen-bond donors (Lipinski definition) is 0. The van der Waals surface area contributed by atoms with Gasteiger partial charge in [-0.3, -0.25) is 0 Å². The largest absolute Gasteiger partial charge is 0.302 e. The lowest BCUT2D eigenvalue weighted by atomic mass is 9.59. The average molecular weight is 224 g/mol. The minimum atomic E-state index is -0.186. The Morgan fingerprint density at radius 3 is 3.00 bits per heavy atom. The van der Waals surface area contributed by atoms with Gasteiger partial charge in [0, 0.05) is 0 Å². The topological polar surface area (TPSA) is 17.1 Å². The van der Waals surface area contributed by atoms with Gasteiger partial charge in [-0.05, 0) is 48.1 Å². The van der Waals surface area contributed by atoms with Crippen LogP contribution in [0.3, 0.4) is 0 Å². The van der Waals surface area contributed by atoms with Crippen molar-refractivity contribution in [3.05, 3.63) is 47.5 Å². The van der Waals surface area contributed by atoms with Gasteiger partial charge in [0.1, 0.15) is 6.29 Å². The fourth-order valence-electron chi connectivity index (χ4n) is 4.57. The smallest absolute Gasteiger partial charge is 0.131 e. The minimum Gasteiger partial charge on any atom is -0.302 e. The molecule has 0 spiro atoms. The Hall–Kier alpha value is -1.37. The maximum atomic E-state index is 11.9. The van der Waals surface area contributed by atoms with Crippen LogP contribution in [0.1, 0.15) is 24.0 Å². The average Bonchev–Trinajstić information content (AvgIpc) is 2.98. The summed E-state index contributed by atoms with van der Waals surface area (Å²) in [6.45, 7) is 0. The van der Waals surface area contributed by atoms with E-state index in [1.807, 2.05) is 0 Å². The van der Waals surface area contributed by atoms with Gasteiger partial charge in [0.05, 0.1) is 5.41 Å². The molecule has 0 unspecified atom stereocenters. The van der Waals surface area contributed by atoms with E-state index in [0.717, 1.165) is 6.42 Å². The Kier molecular flexibility index (Phi) is 1.76. The summed E-state index contributed by atoms with van der Waals surface area (Å²) in [4.78, 5) is 11.9. The Balaban J connectivity index is 1.99. The Morgan fingerprint density at radius 2 is 2.12 bits per heavy atom. The highest BCUT2D eigenvalue weighted by molar-refractivity contribution is 5.74. The van der Waals surface area contributed by atoms with Gasteiger partial charge in [0.15, 0.2) is 0 Å². The molecule has 1 fully saturated rings. The second-order valence-electron chi connectivity index (χ2n) is 5.74. The molecule has 86 valence electrons. The highest BCUT2D eigenvalue weighted by Gasteiger charge is 2.58. The van der Waals surface area contributed by atoms with Gasteiger partial charge in [-0.15, -0.1) is 0 Å².